The number of aryl methyl sites for hydroxylation is 2. The number of amides is 3. The lowest BCUT2D eigenvalue weighted by atomic mass is 9.92. The van der Waals surface area contributed by atoms with Crippen LogP contribution in [0, 0.1) is 20.8 Å². The van der Waals surface area contributed by atoms with Crippen LogP contribution in [0.2, 0.25) is 0 Å². The second-order valence-electron chi connectivity index (χ2n) is 8.37. The molecule has 1 aliphatic heterocycles. The van der Waals surface area contributed by atoms with Crippen molar-refractivity contribution in [1.82, 2.24) is 20.1 Å². The zero-order valence-electron chi connectivity index (χ0n) is 19.4. The lowest BCUT2D eigenvalue weighted by Gasteiger charge is -2.21. The van der Waals surface area contributed by atoms with Crippen LogP contribution in [0.1, 0.15) is 40.6 Å². The van der Waals surface area contributed by atoms with Crippen LogP contribution in [-0.2, 0) is 16.9 Å². The van der Waals surface area contributed by atoms with Crippen LogP contribution in [0.5, 0.6) is 5.75 Å². The average Bonchev–Trinajstić information content (AvgIpc) is 3.19. The number of nitrogens with one attached hydrogen (secondary N) is 1. The van der Waals surface area contributed by atoms with Crippen LogP contribution >= 0.6 is 0 Å². The van der Waals surface area contributed by atoms with E-state index in [0.717, 1.165) is 27.5 Å². The Morgan fingerprint density at radius 1 is 1.06 bits per heavy atom. The maximum Gasteiger partial charge on any atom is 0.346 e. The molecule has 2 aromatic carbocycles. The third kappa shape index (κ3) is 4.11. The van der Waals surface area contributed by atoms with E-state index >= 15 is 0 Å². The summed E-state index contributed by atoms with van der Waals surface area (Å²) < 4.78 is 7.07. The van der Waals surface area contributed by atoms with Crippen molar-refractivity contribution < 1.29 is 14.3 Å². The number of aromatic nitrogens is 2. The van der Waals surface area contributed by atoms with E-state index in [9.17, 15) is 9.59 Å². The summed E-state index contributed by atoms with van der Waals surface area (Å²) in [5.74, 6) is 0.221. The van der Waals surface area contributed by atoms with Gasteiger partial charge in [-0.1, -0.05) is 42.0 Å². The minimum absolute atomic E-state index is 0.448. The minimum atomic E-state index is -1.21. The van der Waals surface area contributed by atoms with Gasteiger partial charge in [0.05, 0.1) is 25.6 Å². The van der Waals surface area contributed by atoms with Gasteiger partial charge < -0.3 is 10.1 Å². The first-order valence-corrected chi connectivity index (χ1v) is 10.7. The molecule has 1 fully saturated rings. The summed E-state index contributed by atoms with van der Waals surface area (Å²) >= 11 is 0. The Balaban J connectivity index is 1.56. The number of hydrazone groups is 1. The van der Waals surface area contributed by atoms with Crippen LogP contribution in [0.4, 0.5) is 4.79 Å². The molecule has 1 aliphatic rings. The number of ether oxygens (including phenoxy) is 1. The summed E-state index contributed by atoms with van der Waals surface area (Å²) in [5.41, 5.74) is 4.24. The van der Waals surface area contributed by atoms with Crippen molar-refractivity contribution in [3.63, 3.8) is 0 Å². The first kappa shape index (κ1) is 22.3. The highest BCUT2D eigenvalue weighted by atomic mass is 16.5. The predicted molar refractivity (Wildman–Crippen MR) is 125 cm³/mol. The molecule has 1 N–H and O–H groups in total. The minimum Gasteiger partial charge on any atom is -0.497 e. The van der Waals surface area contributed by atoms with Gasteiger partial charge in [-0.2, -0.15) is 10.2 Å². The summed E-state index contributed by atoms with van der Waals surface area (Å²) in [6.45, 7) is 8.17. The molecule has 2 heterocycles. The maximum atomic E-state index is 13.1. The molecule has 1 aromatic heterocycles. The van der Waals surface area contributed by atoms with Gasteiger partial charge in [-0.15, -0.1) is 5.01 Å². The number of urea groups is 1. The van der Waals surface area contributed by atoms with E-state index in [4.69, 9.17) is 4.74 Å². The summed E-state index contributed by atoms with van der Waals surface area (Å²) in [6, 6.07) is 14.7. The Bertz CT molecular complexity index is 1230. The third-order valence-electron chi connectivity index (χ3n) is 6.03. The van der Waals surface area contributed by atoms with Crippen molar-refractivity contribution in [3.05, 3.63) is 82.2 Å². The molecule has 0 bridgehead atoms. The van der Waals surface area contributed by atoms with E-state index in [0.29, 0.717) is 17.9 Å². The van der Waals surface area contributed by atoms with Gasteiger partial charge in [0, 0.05) is 11.3 Å². The number of nitrogens with zero attached hydrogens (tertiary/aromatic N) is 4. The number of methoxy groups -OCH3 is 1. The molecular weight excluding hydrogens is 418 g/mol. The first-order valence-electron chi connectivity index (χ1n) is 10.7. The Morgan fingerprint density at radius 2 is 1.73 bits per heavy atom. The second-order valence-corrected chi connectivity index (χ2v) is 8.37. The molecule has 4 rings (SSSR count). The van der Waals surface area contributed by atoms with Crippen molar-refractivity contribution in [2.45, 2.75) is 39.8 Å². The molecule has 33 heavy (non-hydrogen) atoms. The van der Waals surface area contributed by atoms with Gasteiger partial charge >= 0.3 is 6.03 Å². The highest BCUT2D eigenvalue weighted by Gasteiger charge is 2.49. The molecule has 0 saturated carbocycles. The summed E-state index contributed by atoms with van der Waals surface area (Å²) in [7, 11) is 1.57. The van der Waals surface area contributed by atoms with Crippen LogP contribution < -0.4 is 10.1 Å². The molecule has 0 spiro atoms. The van der Waals surface area contributed by atoms with Crippen molar-refractivity contribution in [1.29, 1.82) is 0 Å². The van der Waals surface area contributed by atoms with Gasteiger partial charge in [0.1, 0.15) is 11.3 Å². The van der Waals surface area contributed by atoms with E-state index in [2.05, 4.69) is 46.7 Å². The molecule has 8 nitrogen and oxygen atoms in total. The van der Waals surface area contributed by atoms with Gasteiger partial charge in [-0.3, -0.25) is 9.48 Å². The lowest BCUT2D eigenvalue weighted by Crippen LogP contribution is -2.40. The van der Waals surface area contributed by atoms with E-state index in [1.54, 1.807) is 38.3 Å². The average molecular weight is 446 g/mol. The lowest BCUT2D eigenvalue weighted by molar-refractivity contribution is -0.131. The van der Waals surface area contributed by atoms with E-state index in [1.165, 1.54) is 11.8 Å². The molecule has 1 saturated heterocycles. The Kier molecular flexibility index (Phi) is 5.76. The molecule has 170 valence electrons. The molecular formula is C25H27N5O3. The maximum absolute atomic E-state index is 13.1. The zero-order valence-corrected chi connectivity index (χ0v) is 19.4. The number of hydrogen-bond donors (Lipinski definition) is 1. The van der Waals surface area contributed by atoms with Gasteiger partial charge in [0.2, 0.25) is 0 Å². The molecule has 1 unspecified atom stereocenters. The number of carbonyl (C=O) groups excluding carboxylic acids is 2. The zero-order chi connectivity index (χ0) is 23.8. The normalized spacial score (nSPS) is 18.3. The van der Waals surface area contributed by atoms with Crippen LogP contribution in [0.25, 0.3) is 0 Å². The predicted octanol–water partition coefficient (Wildman–Crippen LogP) is 3.67. The highest BCUT2D eigenvalue weighted by molar-refractivity contribution is 6.07. The van der Waals surface area contributed by atoms with Crippen molar-refractivity contribution in [3.8, 4) is 5.75 Å². The quantitative estimate of drug-likeness (QED) is 0.463. The number of hydrogen-bond acceptors (Lipinski definition) is 5. The third-order valence-corrected chi connectivity index (χ3v) is 6.03. The molecule has 8 heteroatoms. The van der Waals surface area contributed by atoms with E-state index in [1.807, 2.05) is 18.5 Å². The highest BCUT2D eigenvalue weighted by Crippen LogP contribution is 2.30. The summed E-state index contributed by atoms with van der Waals surface area (Å²) in [6.07, 6.45) is 1.53. The molecule has 0 radical (unpaired) electrons. The molecule has 3 aromatic rings. The van der Waals surface area contributed by atoms with E-state index < -0.39 is 17.5 Å². The first-order chi connectivity index (χ1) is 15.7. The topological polar surface area (TPSA) is 88.8 Å². The molecule has 3 amide bonds. The molecule has 1 atom stereocenters. The Morgan fingerprint density at radius 3 is 2.36 bits per heavy atom. The van der Waals surface area contributed by atoms with Gasteiger partial charge in [-0.25, -0.2) is 4.79 Å². The smallest absolute Gasteiger partial charge is 0.346 e. The van der Waals surface area contributed by atoms with Gasteiger partial charge in [-0.05, 0) is 51.0 Å². The largest absolute Gasteiger partial charge is 0.497 e. The second kappa shape index (κ2) is 8.54. The number of carbonyl (C=O) groups is 2. The van der Waals surface area contributed by atoms with Crippen molar-refractivity contribution in [2.24, 2.45) is 5.10 Å². The fourth-order valence-electron chi connectivity index (χ4n) is 3.88. The van der Waals surface area contributed by atoms with Crippen molar-refractivity contribution >= 4 is 18.2 Å². The Labute approximate surface area is 192 Å². The Hall–Kier alpha value is -3.94. The van der Waals surface area contributed by atoms with Crippen LogP contribution in [0.15, 0.2) is 53.6 Å². The van der Waals surface area contributed by atoms with E-state index in [-0.39, 0.29) is 0 Å². The fourth-order valence-corrected chi connectivity index (χ4v) is 3.88. The summed E-state index contributed by atoms with van der Waals surface area (Å²) in [5, 5.41) is 12.5. The SMILES string of the molecule is COc1ccc(C2(C)NC(=O)N(/N=C/c3c(C)nn(Cc4ccc(C)cc4)c3C)C2=O)cc1. The number of benzene rings is 2. The molecule has 0 aliphatic carbocycles. The number of imide groups is 1. The summed E-state index contributed by atoms with van der Waals surface area (Å²) in [4.78, 5) is 25.7. The fraction of sp³-hybridized carbons (Fsp3) is 0.280. The number of rotatable bonds is 6. The van der Waals surface area contributed by atoms with Crippen molar-refractivity contribution in [2.75, 3.05) is 7.11 Å². The van der Waals surface area contributed by atoms with Gasteiger partial charge in [0.25, 0.3) is 5.91 Å². The standard InChI is InChI=1S/C25H27N5O3/c1-16-6-8-19(9-7-16)15-29-18(3)22(17(2)28-29)14-26-30-23(31)25(4,27-24(30)32)20-10-12-21(33-5)13-11-20/h6-14H,15H2,1-5H3,(H,27,32)/b26-14+. The van der Waals surface area contributed by atoms with Gasteiger partial charge in [0.15, 0.2) is 0 Å². The van der Waals surface area contributed by atoms with Crippen LogP contribution in [-0.4, -0.2) is 40.1 Å². The monoisotopic (exact) mass is 445 g/mol. The van der Waals surface area contributed by atoms with Crippen LogP contribution in [0.3, 0.4) is 0 Å².